The highest BCUT2D eigenvalue weighted by Gasteiger charge is 2.54. The van der Waals surface area contributed by atoms with Crippen LogP contribution in [0, 0.1) is 23.7 Å². The lowest BCUT2D eigenvalue weighted by Crippen LogP contribution is -2.61. The third-order valence-corrected chi connectivity index (χ3v) is 12.3. The normalized spacial score (nSPS) is 49.0. The van der Waals surface area contributed by atoms with Gasteiger partial charge in [0.25, 0.3) is 0 Å². The molecule has 52 heavy (non-hydrogen) atoms. The number of carbonyl (C=O) groups is 2. The first kappa shape index (κ1) is 45.1. The first-order valence-electron chi connectivity index (χ1n) is 18.9. The molecule has 0 unspecified atom stereocenters. The summed E-state index contributed by atoms with van der Waals surface area (Å²) < 4.78 is 43.9. The maximum atomic E-state index is 14.2. The number of ketones is 1. The summed E-state index contributed by atoms with van der Waals surface area (Å²) in [5.74, 6) is -4.47. The van der Waals surface area contributed by atoms with E-state index in [0.29, 0.717) is 6.42 Å². The van der Waals surface area contributed by atoms with Gasteiger partial charge in [-0.05, 0) is 74.9 Å². The smallest absolute Gasteiger partial charge is 0.311 e. The van der Waals surface area contributed by atoms with Gasteiger partial charge in [-0.1, -0.05) is 27.7 Å². The minimum Gasteiger partial charge on any atom is -0.459 e. The molecule has 4 N–H and O–H groups in total. The predicted octanol–water partition coefficient (Wildman–Crippen LogP) is 2.44. The fourth-order valence-electron chi connectivity index (χ4n) is 8.58. The van der Waals surface area contributed by atoms with Crippen LogP contribution in [-0.4, -0.2) is 150 Å². The van der Waals surface area contributed by atoms with Crippen LogP contribution in [0.25, 0.3) is 0 Å². The van der Waals surface area contributed by atoms with Crippen LogP contribution in [-0.2, 0) is 42.7 Å². The van der Waals surface area contributed by atoms with E-state index in [1.54, 1.807) is 48.5 Å². The Morgan fingerprint density at radius 2 is 1.44 bits per heavy atom. The summed E-state index contributed by atoms with van der Waals surface area (Å²) in [6.45, 7) is 17.1. The summed E-state index contributed by atoms with van der Waals surface area (Å²) >= 11 is 0. The van der Waals surface area contributed by atoms with Gasteiger partial charge in [0.15, 0.2) is 12.6 Å². The lowest BCUT2D eigenvalue weighted by atomic mass is 9.74. The van der Waals surface area contributed by atoms with Crippen LogP contribution in [0.2, 0.25) is 0 Å². The number of aliphatic hydroxyl groups is 4. The van der Waals surface area contributed by atoms with Gasteiger partial charge in [0.05, 0.1) is 47.6 Å². The lowest BCUT2D eigenvalue weighted by molar-refractivity contribution is -0.319. The zero-order valence-electron chi connectivity index (χ0n) is 33.9. The van der Waals surface area contributed by atoms with E-state index in [0.717, 1.165) is 0 Å². The zero-order valence-corrected chi connectivity index (χ0v) is 33.9. The number of aliphatic hydroxyl groups excluding tert-OH is 3. The van der Waals surface area contributed by atoms with Crippen molar-refractivity contribution in [3.05, 3.63) is 0 Å². The Kier molecular flexibility index (Phi) is 15.3. The minimum atomic E-state index is -1.96. The molecular weight excluding hydrogens is 678 g/mol. The van der Waals surface area contributed by atoms with Gasteiger partial charge in [0, 0.05) is 44.4 Å². The van der Waals surface area contributed by atoms with Crippen molar-refractivity contribution in [2.45, 2.75) is 179 Å². The Bertz CT molecular complexity index is 1190. The van der Waals surface area contributed by atoms with E-state index in [9.17, 15) is 30.0 Å². The number of nitrogens with zero attached hydrogens (tertiary/aromatic N) is 1. The Morgan fingerprint density at radius 3 is 1.98 bits per heavy atom. The Labute approximate surface area is 310 Å². The number of hydrogen-bond donors (Lipinski definition) is 4. The highest BCUT2D eigenvalue weighted by Crippen LogP contribution is 2.41. The fraction of sp³-hybridized carbons (Fsp3) is 0.947. The van der Waals surface area contributed by atoms with Crippen LogP contribution in [0.3, 0.4) is 0 Å². The number of rotatable bonds is 8. The largest absolute Gasteiger partial charge is 0.459 e. The summed E-state index contributed by atoms with van der Waals surface area (Å²) in [4.78, 5) is 30.1. The summed E-state index contributed by atoms with van der Waals surface area (Å²) in [6.07, 6.45) is -8.73. The van der Waals surface area contributed by atoms with E-state index in [-0.39, 0.29) is 37.2 Å². The van der Waals surface area contributed by atoms with Crippen molar-refractivity contribution in [2.75, 3.05) is 28.3 Å². The van der Waals surface area contributed by atoms with Crippen molar-refractivity contribution in [1.29, 1.82) is 0 Å². The van der Waals surface area contributed by atoms with E-state index < -0.39 is 102 Å². The van der Waals surface area contributed by atoms with E-state index in [4.69, 9.17) is 33.2 Å². The van der Waals surface area contributed by atoms with Gasteiger partial charge in [0.1, 0.15) is 29.7 Å². The second-order valence-corrected chi connectivity index (χ2v) is 16.6. The van der Waals surface area contributed by atoms with E-state index in [1.807, 2.05) is 32.8 Å². The van der Waals surface area contributed by atoms with Gasteiger partial charge in [-0.25, -0.2) is 0 Å². The van der Waals surface area contributed by atoms with Gasteiger partial charge < -0.3 is 58.5 Å². The number of Topliss-reactive ketones (excluding diaryl/α,β-unsaturated/α-hetero) is 1. The topological polar surface area (TPSA) is 183 Å². The van der Waals surface area contributed by atoms with E-state index in [1.165, 1.54) is 21.1 Å². The van der Waals surface area contributed by atoms with Crippen LogP contribution in [0.5, 0.6) is 0 Å². The number of carbonyl (C=O) groups excluding carboxylic acids is 2. The monoisotopic (exact) mass is 747 g/mol. The fourth-order valence-corrected chi connectivity index (χ4v) is 8.58. The molecule has 3 heterocycles. The molecule has 14 nitrogen and oxygen atoms in total. The third kappa shape index (κ3) is 9.38. The van der Waals surface area contributed by atoms with Crippen molar-refractivity contribution >= 4 is 11.8 Å². The molecule has 0 radical (unpaired) electrons. The highest BCUT2D eigenvalue weighted by atomic mass is 16.7. The Morgan fingerprint density at radius 1 is 0.846 bits per heavy atom. The van der Waals surface area contributed by atoms with Gasteiger partial charge in [-0.2, -0.15) is 0 Å². The molecule has 3 saturated heterocycles. The highest BCUT2D eigenvalue weighted by molar-refractivity contribution is 5.83. The van der Waals surface area contributed by atoms with Crippen LogP contribution >= 0.6 is 0 Å². The molecule has 0 aliphatic carbocycles. The van der Waals surface area contributed by atoms with Crippen molar-refractivity contribution in [1.82, 2.24) is 4.90 Å². The molecule has 0 aromatic rings. The van der Waals surface area contributed by atoms with E-state index >= 15 is 0 Å². The Hall–Kier alpha value is -1.30. The predicted molar refractivity (Wildman–Crippen MR) is 191 cm³/mol. The molecule has 3 aliphatic heterocycles. The average Bonchev–Trinajstić information content (AvgIpc) is 3.09. The molecule has 14 heteroatoms. The van der Waals surface area contributed by atoms with E-state index in [2.05, 4.69) is 0 Å². The summed E-state index contributed by atoms with van der Waals surface area (Å²) in [5.41, 5.74) is -4.24. The van der Waals surface area contributed by atoms with Crippen molar-refractivity contribution in [3.8, 4) is 0 Å². The van der Waals surface area contributed by atoms with Crippen molar-refractivity contribution < 1.29 is 63.2 Å². The average molecular weight is 748 g/mol. The molecule has 304 valence electrons. The minimum absolute atomic E-state index is 0.111. The summed E-state index contributed by atoms with van der Waals surface area (Å²) in [5, 5.41) is 45.6. The summed E-state index contributed by atoms with van der Waals surface area (Å²) in [7, 11) is 6.77. The van der Waals surface area contributed by atoms with Crippen molar-refractivity contribution in [3.63, 3.8) is 0 Å². The summed E-state index contributed by atoms with van der Waals surface area (Å²) in [6, 6.07) is -0.283. The standard InChI is InChI=1S/C38H69NO13/c1-15-26-38(10,45)31(42)21(4)28(40)19(2)17-37(9,47-14)33(52-35-29(41)25(39(11)12)16-20(3)48-35)22(5)30(23(6)34(44)50-26)51-27-18-36(8,46-13)32(43)24(7)49-27/h19-27,29-33,35,41-43,45H,15-18H2,1-14H3/t19-,20+,21-,22-,23+,24-,25-,26+,27-,29+,30-,31+,32-,33+,35-,36+,37+,38+/m0/s1. The second kappa shape index (κ2) is 17.7. The van der Waals surface area contributed by atoms with Crippen LogP contribution in [0.1, 0.15) is 94.9 Å². The number of hydrogen-bond acceptors (Lipinski definition) is 14. The zero-order chi connectivity index (χ0) is 39.7. The molecule has 3 fully saturated rings. The molecule has 0 saturated carbocycles. The molecule has 18 atom stereocenters. The molecule has 0 bridgehead atoms. The van der Waals surface area contributed by atoms with Gasteiger partial charge in [0.2, 0.25) is 0 Å². The maximum absolute atomic E-state index is 14.2. The quantitative estimate of drug-likeness (QED) is 0.266. The molecule has 3 rings (SSSR count). The number of likely N-dealkylation sites (N-methyl/N-ethyl adjacent to an activating group) is 1. The lowest BCUT2D eigenvalue weighted by Gasteiger charge is -2.50. The number of cyclic esters (lactones) is 1. The van der Waals surface area contributed by atoms with Crippen LogP contribution in [0.15, 0.2) is 0 Å². The maximum Gasteiger partial charge on any atom is 0.311 e. The molecule has 0 spiro atoms. The Balaban J connectivity index is 2.22. The second-order valence-electron chi connectivity index (χ2n) is 16.6. The molecule has 0 amide bonds. The molecule has 3 aliphatic rings. The van der Waals surface area contributed by atoms with Crippen LogP contribution in [0.4, 0.5) is 0 Å². The van der Waals surface area contributed by atoms with Gasteiger partial charge >= 0.3 is 5.97 Å². The molecule has 0 aromatic heterocycles. The first-order chi connectivity index (χ1) is 24.0. The van der Waals surface area contributed by atoms with Crippen LogP contribution < -0.4 is 0 Å². The third-order valence-electron chi connectivity index (χ3n) is 12.3. The van der Waals surface area contributed by atoms with Crippen molar-refractivity contribution in [2.24, 2.45) is 23.7 Å². The molecular formula is C38H69NO13. The number of esters is 1. The SMILES string of the molecule is CC[C@H]1OC(=O)[C@H](C)[C@@H](O[C@H]2C[C@@](C)(OC)[C@@H](O)[C@H](C)O2)[C@H](C)[C@@H](O[C@@H]2O[C@H](C)C[C@H](N(C)C)[C@H]2O)[C@](C)(OC)C[C@H](C)C(=O)[C@H](C)[C@@H](O)[C@]1(C)O. The number of ether oxygens (including phenoxy) is 7. The first-order valence-corrected chi connectivity index (χ1v) is 18.9. The number of methoxy groups -OCH3 is 2. The van der Waals surface area contributed by atoms with Gasteiger partial charge in [-0.3, -0.25) is 9.59 Å². The molecule has 0 aromatic carbocycles. The van der Waals surface area contributed by atoms with Gasteiger partial charge in [-0.15, -0.1) is 0 Å².